The topological polar surface area (TPSA) is 9.23 Å². The molecule has 0 fully saturated rings. The average Bonchev–Trinajstić information content (AvgIpc) is 2.08. The van der Waals surface area contributed by atoms with Crippen LogP contribution in [0.3, 0.4) is 0 Å². The molecule has 1 nitrogen and oxygen atoms in total. The Morgan fingerprint density at radius 3 is 2.54 bits per heavy atom. The van der Waals surface area contributed by atoms with Gasteiger partial charge in [0.2, 0.25) is 0 Å². The summed E-state index contributed by atoms with van der Waals surface area (Å²) in [6.45, 7) is 9.83. The zero-order chi connectivity index (χ0) is 9.84. The van der Waals surface area contributed by atoms with Crippen LogP contribution < -0.4 is 4.74 Å². The highest BCUT2D eigenvalue weighted by Gasteiger charge is 2.01. The molecule has 0 spiro atoms. The maximum Gasteiger partial charge on any atom is 0.122 e. The van der Waals surface area contributed by atoms with E-state index in [1.165, 1.54) is 0 Å². The molecule has 1 aromatic rings. The zero-order valence-electron chi connectivity index (χ0n) is 8.50. The predicted octanol–water partition coefficient (Wildman–Crippen LogP) is 3.43. The Labute approximate surface area is 80.0 Å². The summed E-state index contributed by atoms with van der Waals surface area (Å²) in [5.74, 6) is 0.959. The summed E-state index contributed by atoms with van der Waals surface area (Å²) in [6.07, 6.45) is 2.07. The van der Waals surface area contributed by atoms with Crippen molar-refractivity contribution in [3.05, 3.63) is 35.9 Å². The van der Waals surface area contributed by atoms with Crippen LogP contribution in [0, 0.1) is 6.92 Å². The van der Waals surface area contributed by atoms with Gasteiger partial charge in [0.25, 0.3) is 0 Å². The molecule has 0 aromatic heterocycles. The highest BCUT2D eigenvalue weighted by Crippen LogP contribution is 2.20. The highest BCUT2D eigenvalue weighted by molar-refractivity contribution is 5.51. The van der Waals surface area contributed by atoms with E-state index in [-0.39, 0.29) is 6.10 Å². The summed E-state index contributed by atoms with van der Waals surface area (Å²) in [5, 5.41) is 0. The van der Waals surface area contributed by atoms with E-state index in [9.17, 15) is 0 Å². The number of benzene rings is 1. The molecule has 0 aliphatic carbocycles. The summed E-state index contributed by atoms with van der Waals surface area (Å²) >= 11 is 0. The van der Waals surface area contributed by atoms with Crippen LogP contribution in [0.25, 0.3) is 6.08 Å². The Balaban J connectivity index is 2.91. The van der Waals surface area contributed by atoms with Gasteiger partial charge in [-0.1, -0.05) is 18.7 Å². The molecule has 1 heteroatoms. The van der Waals surface area contributed by atoms with Gasteiger partial charge in [0.05, 0.1) is 6.10 Å². The highest BCUT2D eigenvalue weighted by atomic mass is 16.5. The predicted molar refractivity (Wildman–Crippen MR) is 57.0 cm³/mol. The zero-order valence-corrected chi connectivity index (χ0v) is 8.50. The molecule has 0 atom stereocenters. The molecule has 0 aliphatic heterocycles. The Morgan fingerprint density at radius 1 is 1.38 bits per heavy atom. The largest absolute Gasteiger partial charge is 0.491 e. The Morgan fingerprint density at radius 2 is 2.08 bits per heavy atom. The van der Waals surface area contributed by atoms with Crippen molar-refractivity contribution >= 4 is 6.08 Å². The molecular weight excluding hydrogens is 160 g/mol. The molecule has 0 aliphatic rings. The van der Waals surface area contributed by atoms with Crippen LogP contribution in [0.5, 0.6) is 5.75 Å². The number of hydrogen-bond donors (Lipinski definition) is 0. The second-order valence-corrected chi connectivity index (χ2v) is 3.40. The molecule has 1 rings (SSSR count). The lowest BCUT2D eigenvalue weighted by Crippen LogP contribution is -2.06. The molecular formula is C12H16O. The molecule has 0 saturated carbocycles. The lowest BCUT2D eigenvalue weighted by Gasteiger charge is -2.12. The van der Waals surface area contributed by atoms with Gasteiger partial charge in [-0.25, -0.2) is 0 Å². The SMILES string of the molecule is C=Cc1ccc(OC(C)C)c(C)c1. The van der Waals surface area contributed by atoms with Gasteiger partial charge in [-0.05, 0) is 44.0 Å². The monoisotopic (exact) mass is 176 g/mol. The molecule has 0 unspecified atom stereocenters. The van der Waals surface area contributed by atoms with Crippen LogP contribution in [-0.2, 0) is 0 Å². The summed E-state index contributed by atoms with van der Waals surface area (Å²) < 4.78 is 5.61. The van der Waals surface area contributed by atoms with Crippen LogP contribution in [0.1, 0.15) is 25.0 Å². The number of rotatable bonds is 3. The van der Waals surface area contributed by atoms with Crippen LogP contribution in [0.4, 0.5) is 0 Å². The van der Waals surface area contributed by atoms with Crippen molar-refractivity contribution in [2.75, 3.05) is 0 Å². The number of hydrogen-bond acceptors (Lipinski definition) is 1. The van der Waals surface area contributed by atoms with Gasteiger partial charge < -0.3 is 4.74 Å². The number of aryl methyl sites for hydroxylation is 1. The van der Waals surface area contributed by atoms with E-state index >= 15 is 0 Å². The first-order valence-corrected chi connectivity index (χ1v) is 4.53. The van der Waals surface area contributed by atoms with E-state index in [0.717, 1.165) is 16.9 Å². The second kappa shape index (κ2) is 4.13. The minimum Gasteiger partial charge on any atom is -0.491 e. The van der Waals surface area contributed by atoms with Gasteiger partial charge in [0, 0.05) is 0 Å². The standard InChI is InChI=1S/C12H16O/c1-5-11-6-7-12(10(4)8-11)13-9(2)3/h5-9H,1H2,2-4H3. The van der Waals surface area contributed by atoms with Crippen molar-refractivity contribution in [3.63, 3.8) is 0 Å². The van der Waals surface area contributed by atoms with Crippen molar-refractivity contribution < 1.29 is 4.74 Å². The maximum atomic E-state index is 5.61. The van der Waals surface area contributed by atoms with Crippen LogP contribution >= 0.6 is 0 Å². The fourth-order valence-corrected chi connectivity index (χ4v) is 1.19. The third-order valence-electron chi connectivity index (χ3n) is 1.80. The molecule has 0 amide bonds. The first kappa shape index (κ1) is 9.85. The third-order valence-corrected chi connectivity index (χ3v) is 1.80. The molecule has 1 aromatic carbocycles. The van der Waals surface area contributed by atoms with Gasteiger partial charge in [0.15, 0.2) is 0 Å². The molecule has 13 heavy (non-hydrogen) atoms. The Kier molecular flexibility index (Phi) is 3.13. The fraction of sp³-hybridized carbons (Fsp3) is 0.333. The average molecular weight is 176 g/mol. The molecule has 0 heterocycles. The van der Waals surface area contributed by atoms with Crippen LogP contribution in [0.2, 0.25) is 0 Å². The molecule has 0 bridgehead atoms. The normalized spacial score (nSPS) is 10.2. The van der Waals surface area contributed by atoms with Gasteiger partial charge in [-0.15, -0.1) is 0 Å². The fourth-order valence-electron chi connectivity index (χ4n) is 1.19. The van der Waals surface area contributed by atoms with Crippen molar-refractivity contribution in [2.45, 2.75) is 26.9 Å². The van der Waals surface area contributed by atoms with Crippen molar-refractivity contribution in [2.24, 2.45) is 0 Å². The van der Waals surface area contributed by atoms with Crippen molar-refractivity contribution in [1.29, 1.82) is 0 Å². The van der Waals surface area contributed by atoms with Crippen LogP contribution in [0.15, 0.2) is 24.8 Å². The molecule has 0 saturated heterocycles. The van der Waals surface area contributed by atoms with Crippen molar-refractivity contribution in [1.82, 2.24) is 0 Å². The molecule has 0 radical (unpaired) electrons. The van der Waals surface area contributed by atoms with E-state index in [4.69, 9.17) is 4.74 Å². The van der Waals surface area contributed by atoms with Crippen molar-refractivity contribution in [3.8, 4) is 5.75 Å². The minimum atomic E-state index is 0.230. The summed E-state index contributed by atoms with van der Waals surface area (Å²) in [7, 11) is 0. The van der Waals surface area contributed by atoms with E-state index in [2.05, 4.69) is 12.6 Å². The quantitative estimate of drug-likeness (QED) is 0.685. The Bertz CT molecular complexity index is 300. The molecule has 0 N–H and O–H groups in total. The summed E-state index contributed by atoms with van der Waals surface area (Å²) in [6, 6.07) is 6.08. The molecule has 70 valence electrons. The lowest BCUT2D eigenvalue weighted by atomic mass is 10.1. The van der Waals surface area contributed by atoms with Crippen LogP contribution in [-0.4, -0.2) is 6.10 Å². The number of ether oxygens (including phenoxy) is 1. The van der Waals surface area contributed by atoms with Gasteiger partial charge in [0.1, 0.15) is 5.75 Å². The summed E-state index contributed by atoms with van der Waals surface area (Å²) in [5.41, 5.74) is 2.29. The lowest BCUT2D eigenvalue weighted by molar-refractivity contribution is 0.241. The first-order chi connectivity index (χ1) is 6.13. The van der Waals surface area contributed by atoms with E-state index in [1.807, 2.05) is 39.0 Å². The third kappa shape index (κ3) is 2.62. The first-order valence-electron chi connectivity index (χ1n) is 4.53. The van der Waals surface area contributed by atoms with E-state index in [0.29, 0.717) is 0 Å². The Hall–Kier alpha value is -1.24. The minimum absolute atomic E-state index is 0.230. The van der Waals surface area contributed by atoms with Gasteiger partial charge >= 0.3 is 0 Å². The summed E-state index contributed by atoms with van der Waals surface area (Å²) in [4.78, 5) is 0. The second-order valence-electron chi connectivity index (χ2n) is 3.40. The van der Waals surface area contributed by atoms with Gasteiger partial charge in [-0.3, -0.25) is 0 Å². The van der Waals surface area contributed by atoms with E-state index < -0.39 is 0 Å². The maximum absolute atomic E-state index is 5.61. The van der Waals surface area contributed by atoms with E-state index in [1.54, 1.807) is 0 Å². The smallest absolute Gasteiger partial charge is 0.122 e. The van der Waals surface area contributed by atoms with Gasteiger partial charge in [-0.2, -0.15) is 0 Å².